The normalized spacial score (nSPS) is 18.3. The van der Waals surface area contributed by atoms with E-state index in [1.54, 1.807) is 10.9 Å². The maximum atomic E-state index is 11.7. The lowest BCUT2D eigenvalue weighted by atomic mass is 9.84. The van der Waals surface area contributed by atoms with Gasteiger partial charge in [0.15, 0.2) is 0 Å². The van der Waals surface area contributed by atoms with Crippen LogP contribution in [0.25, 0.3) is 0 Å². The standard InChI is InChI=1S/C11H17N3O/c1-8(10-6-12-14(2)7-10)13-11(15)9-4-3-5-9/h6-9H,3-5H2,1-2H3,(H,13,15). The highest BCUT2D eigenvalue weighted by molar-refractivity contribution is 5.79. The summed E-state index contributed by atoms with van der Waals surface area (Å²) in [6.45, 7) is 1.99. The first kappa shape index (κ1) is 10.2. The Hall–Kier alpha value is -1.32. The third-order valence-electron chi connectivity index (χ3n) is 3.06. The maximum Gasteiger partial charge on any atom is 0.223 e. The van der Waals surface area contributed by atoms with Crippen LogP contribution < -0.4 is 5.32 Å². The summed E-state index contributed by atoms with van der Waals surface area (Å²) in [5, 5.41) is 7.11. The first-order valence-electron chi connectivity index (χ1n) is 5.45. The largest absolute Gasteiger partial charge is 0.349 e. The Morgan fingerprint density at radius 2 is 2.40 bits per heavy atom. The van der Waals surface area contributed by atoms with Gasteiger partial charge in [-0.15, -0.1) is 0 Å². The summed E-state index contributed by atoms with van der Waals surface area (Å²) in [6, 6.07) is 0.0619. The molecule has 15 heavy (non-hydrogen) atoms. The summed E-state index contributed by atoms with van der Waals surface area (Å²) in [4.78, 5) is 11.7. The van der Waals surface area contributed by atoms with E-state index in [4.69, 9.17) is 0 Å². The van der Waals surface area contributed by atoms with E-state index in [0.717, 1.165) is 18.4 Å². The highest BCUT2D eigenvalue weighted by Gasteiger charge is 2.26. The van der Waals surface area contributed by atoms with Crippen molar-refractivity contribution in [2.45, 2.75) is 32.2 Å². The Kier molecular flexibility index (Phi) is 2.75. The van der Waals surface area contributed by atoms with E-state index in [1.165, 1.54) is 6.42 Å². The van der Waals surface area contributed by atoms with Crippen molar-refractivity contribution in [1.29, 1.82) is 0 Å². The van der Waals surface area contributed by atoms with Crippen molar-refractivity contribution in [3.8, 4) is 0 Å². The molecular weight excluding hydrogens is 190 g/mol. The Balaban J connectivity index is 1.91. The number of hydrogen-bond donors (Lipinski definition) is 1. The number of nitrogens with one attached hydrogen (secondary N) is 1. The van der Waals surface area contributed by atoms with Gasteiger partial charge < -0.3 is 5.32 Å². The molecule has 4 nitrogen and oxygen atoms in total. The van der Waals surface area contributed by atoms with Gasteiger partial charge in [0.2, 0.25) is 5.91 Å². The molecule has 1 N–H and O–H groups in total. The predicted octanol–water partition coefficient (Wildman–Crippen LogP) is 1.40. The second kappa shape index (κ2) is 4.04. The fourth-order valence-corrected chi connectivity index (χ4v) is 1.75. The van der Waals surface area contributed by atoms with Crippen molar-refractivity contribution in [2.24, 2.45) is 13.0 Å². The van der Waals surface area contributed by atoms with Gasteiger partial charge in [-0.25, -0.2) is 0 Å². The van der Waals surface area contributed by atoms with Gasteiger partial charge in [-0.05, 0) is 19.8 Å². The molecule has 4 heteroatoms. The summed E-state index contributed by atoms with van der Waals surface area (Å²) < 4.78 is 1.75. The van der Waals surface area contributed by atoms with Crippen LogP contribution in [-0.2, 0) is 11.8 Å². The van der Waals surface area contributed by atoms with Crippen molar-refractivity contribution in [3.63, 3.8) is 0 Å². The van der Waals surface area contributed by atoms with E-state index in [9.17, 15) is 4.79 Å². The summed E-state index contributed by atoms with van der Waals surface area (Å²) in [5.41, 5.74) is 1.06. The SMILES string of the molecule is CC(NC(=O)C1CCC1)c1cnn(C)c1. The number of amides is 1. The average Bonchev–Trinajstić information content (AvgIpc) is 2.48. The van der Waals surface area contributed by atoms with Gasteiger partial charge in [0.1, 0.15) is 0 Å². The summed E-state index contributed by atoms with van der Waals surface area (Å²) >= 11 is 0. The summed E-state index contributed by atoms with van der Waals surface area (Å²) in [5.74, 6) is 0.446. The number of carbonyl (C=O) groups is 1. The minimum Gasteiger partial charge on any atom is -0.349 e. The topological polar surface area (TPSA) is 46.9 Å². The van der Waals surface area contributed by atoms with E-state index in [2.05, 4.69) is 10.4 Å². The molecule has 0 aromatic carbocycles. The van der Waals surface area contributed by atoms with Crippen LogP contribution in [-0.4, -0.2) is 15.7 Å². The van der Waals surface area contributed by atoms with Crippen LogP contribution in [0.5, 0.6) is 0 Å². The molecule has 1 unspecified atom stereocenters. The lowest BCUT2D eigenvalue weighted by Crippen LogP contribution is -2.35. The van der Waals surface area contributed by atoms with E-state index in [0.29, 0.717) is 0 Å². The lowest BCUT2D eigenvalue weighted by molar-refractivity contribution is -0.128. The minimum absolute atomic E-state index is 0.0619. The van der Waals surface area contributed by atoms with Crippen LogP contribution in [0.15, 0.2) is 12.4 Å². The Labute approximate surface area is 89.7 Å². The molecule has 0 bridgehead atoms. The van der Waals surface area contributed by atoms with Crippen LogP contribution in [0, 0.1) is 5.92 Å². The fourth-order valence-electron chi connectivity index (χ4n) is 1.75. The Morgan fingerprint density at radius 3 is 2.87 bits per heavy atom. The third-order valence-corrected chi connectivity index (χ3v) is 3.06. The van der Waals surface area contributed by atoms with Crippen LogP contribution in [0.1, 0.15) is 37.8 Å². The lowest BCUT2D eigenvalue weighted by Gasteiger charge is -2.25. The first-order chi connectivity index (χ1) is 7.16. The Bertz CT molecular complexity index is 354. The number of hydrogen-bond acceptors (Lipinski definition) is 2. The average molecular weight is 207 g/mol. The Morgan fingerprint density at radius 1 is 1.67 bits per heavy atom. The molecule has 1 aliphatic carbocycles. The van der Waals surface area contributed by atoms with Crippen LogP contribution in [0.4, 0.5) is 0 Å². The molecule has 1 aromatic heterocycles. The zero-order valence-corrected chi connectivity index (χ0v) is 9.23. The molecule has 0 saturated heterocycles. The number of aryl methyl sites for hydroxylation is 1. The van der Waals surface area contributed by atoms with Gasteiger partial charge in [0, 0.05) is 24.7 Å². The van der Waals surface area contributed by atoms with Crippen LogP contribution >= 0.6 is 0 Å². The summed E-state index contributed by atoms with van der Waals surface area (Å²) in [6.07, 6.45) is 7.02. The molecule has 0 spiro atoms. The van der Waals surface area contributed by atoms with Gasteiger partial charge in [-0.1, -0.05) is 6.42 Å². The van der Waals surface area contributed by atoms with Gasteiger partial charge in [0.25, 0.3) is 0 Å². The first-order valence-corrected chi connectivity index (χ1v) is 5.45. The van der Waals surface area contributed by atoms with Crippen molar-refractivity contribution >= 4 is 5.91 Å². The molecule has 1 aromatic rings. The second-order valence-corrected chi connectivity index (χ2v) is 4.31. The second-order valence-electron chi connectivity index (χ2n) is 4.31. The van der Waals surface area contributed by atoms with E-state index < -0.39 is 0 Å². The summed E-state index contributed by atoms with van der Waals surface area (Å²) in [7, 11) is 1.88. The number of nitrogens with zero attached hydrogens (tertiary/aromatic N) is 2. The monoisotopic (exact) mass is 207 g/mol. The number of rotatable bonds is 3. The fraction of sp³-hybridized carbons (Fsp3) is 0.636. The highest BCUT2D eigenvalue weighted by Crippen LogP contribution is 2.27. The van der Waals surface area contributed by atoms with Gasteiger partial charge in [-0.2, -0.15) is 5.10 Å². The van der Waals surface area contributed by atoms with Gasteiger partial charge in [-0.3, -0.25) is 9.48 Å². The molecule has 1 aliphatic rings. The highest BCUT2D eigenvalue weighted by atomic mass is 16.2. The molecular formula is C11H17N3O. The minimum atomic E-state index is 0.0619. The predicted molar refractivity (Wildman–Crippen MR) is 57.1 cm³/mol. The molecule has 1 fully saturated rings. The van der Waals surface area contributed by atoms with Crippen molar-refractivity contribution in [1.82, 2.24) is 15.1 Å². The van der Waals surface area contributed by atoms with Crippen LogP contribution in [0.3, 0.4) is 0 Å². The molecule has 2 rings (SSSR count). The molecule has 0 aliphatic heterocycles. The molecule has 0 radical (unpaired) electrons. The zero-order chi connectivity index (χ0) is 10.8. The van der Waals surface area contributed by atoms with Gasteiger partial charge >= 0.3 is 0 Å². The molecule has 82 valence electrons. The van der Waals surface area contributed by atoms with Crippen molar-refractivity contribution < 1.29 is 4.79 Å². The third kappa shape index (κ3) is 2.19. The number of aromatic nitrogens is 2. The zero-order valence-electron chi connectivity index (χ0n) is 9.23. The maximum absolute atomic E-state index is 11.7. The quantitative estimate of drug-likeness (QED) is 0.814. The molecule has 1 atom stereocenters. The van der Waals surface area contributed by atoms with E-state index in [-0.39, 0.29) is 17.9 Å². The number of carbonyl (C=O) groups excluding carboxylic acids is 1. The molecule has 1 saturated carbocycles. The smallest absolute Gasteiger partial charge is 0.223 e. The van der Waals surface area contributed by atoms with Gasteiger partial charge in [0.05, 0.1) is 12.2 Å². The van der Waals surface area contributed by atoms with Crippen molar-refractivity contribution in [2.75, 3.05) is 0 Å². The van der Waals surface area contributed by atoms with Crippen molar-refractivity contribution in [3.05, 3.63) is 18.0 Å². The molecule has 1 heterocycles. The van der Waals surface area contributed by atoms with E-state index >= 15 is 0 Å². The van der Waals surface area contributed by atoms with Crippen LogP contribution in [0.2, 0.25) is 0 Å². The van der Waals surface area contributed by atoms with E-state index in [1.807, 2.05) is 20.2 Å². The molecule has 1 amide bonds.